The molecule has 2 amide bonds. The second-order valence-electron chi connectivity index (χ2n) is 9.76. The van der Waals surface area contributed by atoms with Crippen LogP contribution in [0.5, 0.6) is 0 Å². The van der Waals surface area contributed by atoms with Crippen molar-refractivity contribution in [2.75, 3.05) is 25.6 Å². The smallest absolute Gasteiger partial charge is 0.249 e. The molecule has 0 spiro atoms. The Labute approximate surface area is 210 Å². The molecular weight excluding hydrogens is 461 g/mol. The summed E-state index contributed by atoms with van der Waals surface area (Å²) in [4.78, 5) is 32.6. The van der Waals surface area contributed by atoms with E-state index in [1.54, 1.807) is 37.8 Å². The molecule has 1 atom stereocenters. The quantitative estimate of drug-likeness (QED) is 0.484. The number of hydrogen-bond donors (Lipinski definition) is 1. The zero-order valence-corrected chi connectivity index (χ0v) is 20.9. The molecule has 0 saturated carbocycles. The summed E-state index contributed by atoms with van der Waals surface area (Å²) in [6.07, 6.45) is 1.90. The Morgan fingerprint density at radius 1 is 1.14 bits per heavy atom. The molecule has 1 aromatic heterocycles. The van der Waals surface area contributed by atoms with Crippen molar-refractivity contribution >= 4 is 17.8 Å². The van der Waals surface area contributed by atoms with Crippen LogP contribution in [0, 0.1) is 11.2 Å². The Morgan fingerprint density at radius 3 is 2.56 bits per heavy atom. The number of ether oxygens (including phenoxy) is 1. The minimum atomic E-state index is -0.974. The number of anilines is 1. The van der Waals surface area contributed by atoms with E-state index in [1.165, 1.54) is 12.1 Å². The van der Waals surface area contributed by atoms with E-state index in [1.807, 2.05) is 35.2 Å². The van der Waals surface area contributed by atoms with Crippen molar-refractivity contribution in [1.82, 2.24) is 19.7 Å². The van der Waals surface area contributed by atoms with Gasteiger partial charge < -0.3 is 9.64 Å². The van der Waals surface area contributed by atoms with Crippen LogP contribution in [-0.4, -0.2) is 57.8 Å². The van der Waals surface area contributed by atoms with Crippen molar-refractivity contribution in [2.45, 2.75) is 45.7 Å². The molecule has 0 radical (unpaired) electrons. The molecule has 1 aliphatic rings. The fourth-order valence-electron chi connectivity index (χ4n) is 4.43. The third-order valence-electron chi connectivity index (χ3n) is 6.44. The van der Waals surface area contributed by atoms with Crippen LogP contribution in [0.25, 0.3) is 11.4 Å². The molecule has 2 aromatic carbocycles. The van der Waals surface area contributed by atoms with E-state index in [0.29, 0.717) is 31.1 Å². The number of nitrogens with zero attached hydrogens (tertiary/aromatic N) is 4. The van der Waals surface area contributed by atoms with Gasteiger partial charge in [-0.2, -0.15) is 4.98 Å². The maximum atomic E-state index is 13.5. The van der Waals surface area contributed by atoms with Crippen molar-refractivity contribution in [1.29, 1.82) is 0 Å². The average molecular weight is 494 g/mol. The molecule has 2 heterocycles. The van der Waals surface area contributed by atoms with Crippen molar-refractivity contribution < 1.29 is 18.7 Å². The van der Waals surface area contributed by atoms with Crippen molar-refractivity contribution in [3.05, 3.63) is 66.0 Å². The maximum Gasteiger partial charge on any atom is 0.249 e. The number of benzene rings is 2. The van der Waals surface area contributed by atoms with Gasteiger partial charge in [-0.25, -0.2) is 9.07 Å². The minimum Gasteiger partial charge on any atom is -0.383 e. The first-order valence-electron chi connectivity index (χ1n) is 12.1. The van der Waals surface area contributed by atoms with Crippen LogP contribution in [0.4, 0.5) is 10.3 Å². The second kappa shape index (κ2) is 11.0. The van der Waals surface area contributed by atoms with Crippen LogP contribution in [0.2, 0.25) is 0 Å². The lowest BCUT2D eigenvalue weighted by molar-refractivity contribution is -0.139. The van der Waals surface area contributed by atoms with Gasteiger partial charge in [-0.05, 0) is 42.7 Å². The Balaban J connectivity index is 1.52. The van der Waals surface area contributed by atoms with Crippen LogP contribution in [-0.2, 0) is 20.9 Å². The zero-order valence-electron chi connectivity index (χ0n) is 20.9. The fourth-order valence-corrected chi connectivity index (χ4v) is 4.43. The van der Waals surface area contributed by atoms with E-state index in [-0.39, 0.29) is 36.0 Å². The molecule has 8 nitrogen and oxygen atoms in total. The number of halogens is 1. The van der Waals surface area contributed by atoms with Gasteiger partial charge >= 0.3 is 0 Å². The lowest BCUT2D eigenvalue weighted by Crippen LogP contribution is -2.42. The molecule has 9 heteroatoms. The lowest BCUT2D eigenvalue weighted by atomic mass is 9.87. The van der Waals surface area contributed by atoms with Crippen molar-refractivity contribution in [2.24, 2.45) is 5.41 Å². The minimum absolute atomic E-state index is 0.0509. The molecule has 1 aliphatic heterocycles. The van der Waals surface area contributed by atoms with Crippen LogP contribution < -0.4 is 5.32 Å². The molecule has 1 saturated heterocycles. The van der Waals surface area contributed by atoms with Gasteiger partial charge in [0.25, 0.3) is 0 Å². The van der Waals surface area contributed by atoms with Crippen molar-refractivity contribution in [3.8, 4) is 11.4 Å². The molecule has 3 aromatic rings. The molecule has 0 bridgehead atoms. The molecule has 4 rings (SSSR count). The number of amides is 2. The van der Waals surface area contributed by atoms with Gasteiger partial charge in [0.1, 0.15) is 5.82 Å². The van der Waals surface area contributed by atoms with Gasteiger partial charge in [-0.1, -0.05) is 44.2 Å². The predicted octanol–water partition coefficient (Wildman–Crippen LogP) is 4.12. The largest absolute Gasteiger partial charge is 0.383 e. The zero-order chi connectivity index (χ0) is 25.7. The van der Waals surface area contributed by atoms with E-state index in [2.05, 4.69) is 15.4 Å². The number of rotatable bonds is 9. The standard InChI is InChI=1S/C27H32FN5O3/c1-27(2,16-23(34)32-15-7-10-22(32)18-36-3)25(35)30-26-29-24(20-11-13-21(28)14-12-20)33(31-26)17-19-8-5-4-6-9-19/h4-6,8-9,11-14,22H,7,10,15-18H2,1-3H3,(H,30,31,35)/t22-/m1/s1. The Bertz CT molecular complexity index is 1190. The number of hydrogen-bond acceptors (Lipinski definition) is 5. The average Bonchev–Trinajstić information content (AvgIpc) is 3.47. The summed E-state index contributed by atoms with van der Waals surface area (Å²) in [6, 6.07) is 15.8. The van der Waals surface area contributed by atoms with Gasteiger partial charge in [0.2, 0.25) is 17.8 Å². The third-order valence-corrected chi connectivity index (χ3v) is 6.44. The van der Waals surface area contributed by atoms with E-state index in [9.17, 15) is 14.0 Å². The number of carbonyl (C=O) groups excluding carboxylic acids is 2. The predicted molar refractivity (Wildman–Crippen MR) is 135 cm³/mol. The van der Waals surface area contributed by atoms with E-state index in [4.69, 9.17) is 4.74 Å². The Morgan fingerprint density at radius 2 is 1.86 bits per heavy atom. The number of carbonyl (C=O) groups is 2. The Hall–Kier alpha value is -3.59. The SMILES string of the molecule is COC[C@H]1CCCN1C(=O)CC(C)(C)C(=O)Nc1nc(-c2ccc(F)cc2)n(Cc2ccccc2)n1. The molecule has 36 heavy (non-hydrogen) atoms. The third kappa shape index (κ3) is 5.96. The monoisotopic (exact) mass is 493 g/mol. The van der Waals surface area contributed by atoms with E-state index in [0.717, 1.165) is 18.4 Å². The number of nitrogens with one attached hydrogen (secondary N) is 1. The molecule has 190 valence electrons. The van der Waals surface area contributed by atoms with Gasteiger partial charge in [0.05, 0.1) is 24.6 Å². The number of likely N-dealkylation sites (tertiary alicyclic amines) is 1. The molecule has 1 N–H and O–H groups in total. The van der Waals surface area contributed by atoms with Crippen LogP contribution in [0.15, 0.2) is 54.6 Å². The van der Waals surface area contributed by atoms with E-state index < -0.39 is 5.41 Å². The maximum absolute atomic E-state index is 13.5. The van der Waals surface area contributed by atoms with Gasteiger partial charge in [0, 0.05) is 25.6 Å². The fraction of sp³-hybridized carbons (Fsp3) is 0.407. The molecule has 0 unspecified atom stereocenters. The summed E-state index contributed by atoms with van der Waals surface area (Å²) in [5.74, 6) is -0.125. The summed E-state index contributed by atoms with van der Waals surface area (Å²) in [5, 5.41) is 7.31. The van der Waals surface area contributed by atoms with E-state index >= 15 is 0 Å². The molecule has 1 fully saturated rings. The van der Waals surface area contributed by atoms with Gasteiger partial charge in [-0.3, -0.25) is 14.9 Å². The normalized spacial score (nSPS) is 15.8. The van der Waals surface area contributed by atoms with Gasteiger partial charge in [0.15, 0.2) is 5.82 Å². The van der Waals surface area contributed by atoms with Crippen LogP contribution in [0.3, 0.4) is 0 Å². The summed E-state index contributed by atoms with van der Waals surface area (Å²) >= 11 is 0. The summed E-state index contributed by atoms with van der Waals surface area (Å²) in [6.45, 7) is 5.07. The highest BCUT2D eigenvalue weighted by Crippen LogP contribution is 2.28. The van der Waals surface area contributed by atoms with Crippen LogP contribution in [0.1, 0.15) is 38.7 Å². The Kier molecular flexibility index (Phi) is 7.79. The first kappa shape index (κ1) is 25.5. The summed E-state index contributed by atoms with van der Waals surface area (Å²) < 4.78 is 20.4. The second-order valence-corrected chi connectivity index (χ2v) is 9.76. The molecule has 0 aliphatic carbocycles. The topological polar surface area (TPSA) is 89.4 Å². The summed E-state index contributed by atoms with van der Waals surface area (Å²) in [5.41, 5.74) is 0.705. The summed E-state index contributed by atoms with van der Waals surface area (Å²) in [7, 11) is 1.63. The highest BCUT2D eigenvalue weighted by molar-refractivity contribution is 5.96. The number of aromatic nitrogens is 3. The number of methoxy groups -OCH3 is 1. The first-order chi connectivity index (χ1) is 17.3. The van der Waals surface area contributed by atoms with Crippen molar-refractivity contribution in [3.63, 3.8) is 0 Å². The highest BCUT2D eigenvalue weighted by Gasteiger charge is 2.36. The highest BCUT2D eigenvalue weighted by atomic mass is 19.1. The lowest BCUT2D eigenvalue weighted by Gasteiger charge is -2.29. The molecular formula is C27H32FN5O3. The van der Waals surface area contributed by atoms with Gasteiger partial charge in [-0.15, -0.1) is 5.10 Å². The van der Waals surface area contributed by atoms with Crippen LogP contribution >= 0.6 is 0 Å². The first-order valence-corrected chi connectivity index (χ1v) is 12.1.